The van der Waals surface area contributed by atoms with Crippen LogP contribution >= 0.6 is 0 Å². The third-order valence-corrected chi connectivity index (χ3v) is 6.38. The van der Waals surface area contributed by atoms with Crippen molar-refractivity contribution in [2.45, 2.75) is 51.1 Å². The molecule has 1 saturated heterocycles. The molecule has 130 valence electrons. The fraction of sp³-hybridized carbons (Fsp3) is 0.650. The second-order valence-corrected chi connectivity index (χ2v) is 7.93. The van der Waals surface area contributed by atoms with Gasteiger partial charge in [0.2, 0.25) is 5.91 Å². The molecule has 0 spiro atoms. The molecular formula is C20H27FN2O. The molecule has 2 bridgehead atoms. The smallest absolute Gasteiger partial charge is 0.223 e. The molecule has 24 heavy (non-hydrogen) atoms. The van der Waals surface area contributed by atoms with E-state index in [9.17, 15) is 9.18 Å². The Morgan fingerprint density at radius 2 is 1.92 bits per heavy atom. The Morgan fingerprint density at radius 3 is 2.58 bits per heavy atom. The molecule has 3 aliphatic rings. The summed E-state index contributed by atoms with van der Waals surface area (Å²) in [5.74, 6) is 1.87. The minimum absolute atomic E-state index is 0.131. The summed E-state index contributed by atoms with van der Waals surface area (Å²) in [5.41, 5.74) is 0.752. The Bertz CT molecular complexity index is 597. The van der Waals surface area contributed by atoms with Gasteiger partial charge in [0, 0.05) is 24.1 Å². The molecule has 1 heterocycles. The summed E-state index contributed by atoms with van der Waals surface area (Å²) in [5, 5.41) is 3.34. The average Bonchev–Trinajstić information content (AvgIpc) is 3.20. The molecule has 0 radical (unpaired) electrons. The number of carbonyl (C=O) groups excluding carboxylic acids is 1. The van der Waals surface area contributed by atoms with Crippen molar-refractivity contribution >= 4 is 5.91 Å². The van der Waals surface area contributed by atoms with E-state index >= 15 is 0 Å². The second kappa shape index (κ2) is 6.83. The van der Waals surface area contributed by atoms with Gasteiger partial charge in [-0.2, -0.15) is 0 Å². The fourth-order valence-electron chi connectivity index (χ4n) is 4.94. The molecule has 3 fully saturated rings. The molecule has 0 aromatic heterocycles. The number of nitrogens with one attached hydrogen (secondary N) is 1. The van der Waals surface area contributed by atoms with Gasteiger partial charge in [0.25, 0.3) is 0 Å². The van der Waals surface area contributed by atoms with Gasteiger partial charge in [-0.3, -0.25) is 9.69 Å². The van der Waals surface area contributed by atoms with Crippen molar-refractivity contribution in [1.29, 1.82) is 0 Å². The van der Waals surface area contributed by atoms with E-state index < -0.39 is 0 Å². The largest absolute Gasteiger partial charge is 0.353 e. The van der Waals surface area contributed by atoms with Crippen molar-refractivity contribution in [3.05, 3.63) is 35.6 Å². The van der Waals surface area contributed by atoms with Gasteiger partial charge in [-0.15, -0.1) is 0 Å². The molecule has 1 aromatic rings. The minimum Gasteiger partial charge on any atom is -0.353 e. The maximum Gasteiger partial charge on any atom is 0.223 e. The number of hydrogen-bond acceptors (Lipinski definition) is 2. The summed E-state index contributed by atoms with van der Waals surface area (Å²) in [6.07, 6.45) is 6.97. The monoisotopic (exact) mass is 330 g/mol. The highest BCUT2D eigenvalue weighted by molar-refractivity contribution is 5.79. The molecular weight excluding hydrogens is 303 g/mol. The van der Waals surface area contributed by atoms with Crippen LogP contribution in [0, 0.1) is 23.6 Å². The zero-order valence-electron chi connectivity index (χ0n) is 14.2. The predicted molar refractivity (Wildman–Crippen MR) is 91.8 cm³/mol. The summed E-state index contributed by atoms with van der Waals surface area (Å²) in [6, 6.07) is 7.42. The number of hydrogen-bond donors (Lipinski definition) is 1. The molecule has 1 N–H and O–H groups in total. The highest BCUT2D eigenvalue weighted by Crippen LogP contribution is 2.44. The summed E-state index contributed by atoms with van der Waals surface area (Å²) in [7, 11) is 0. The Kier molecular flexibility index (Phi) is 4.57. The third-order valence-electron chi connectivity index (χ3n) is 6.38. The Morgan fingerprint density at radius 1 is 1.12 bits per heavy atom. The van der Waals surface area contributed by atoms with Crippen LogP contribution in [0.15, 0.2) is 24.3 Å². The van der Waals surface area contributed by atoms with Crippen molar-refractivity contribution in [3.63, 3.8) is 0 Å². The maximum atomic E-state index is 13.8. The Hall–Kier alpha value is -1.42. The number of likely N-dealkylation sites (tertiary alicyclic amines) is 1. The number of nitrogens with zero attached hydrogens (tertiary/aromatic N) is 1. The lowest BCUT2D eigenvalue weighted by Crippen LogP contribution is -2.45. The van der Waals surface area contributed by atoms with Crippen LogP contribution in [-0.4, -0.2) is 29.9 Å². The number of piperidine rings is 1. The SMILES string of the molecule is O=C(N[C@@H]1C[C@H]2CC[C@H]1C2)C1CCN(Cc2ccccc2F)CC1. The van der Waals surface area contributed by atoms with Gasteiger partial charge in [-0.05, 0) is 63.1 Å². The third kappa shape index (κ3) is 3.34. The lowest BCUT2D eigenvalue weighted by atomic mass is 9.92. The van der Waals surface area contributed by atoms with Gasteiger partial charge in [-0.1, -0.05) is 24.6 Å². The van der Waals surface area contributed by atoms with E-state index in [4.69, 9.17) is 0 Å². The molecule has 4 rings (SSSR count). The van der Waals surface area contributed by atoms with Gasteiger partial charge in [-0.25, -0.2) is 4.39 Å². The molecule has 3 nitrogen and oxygen atoms in total. The first-order valence-corrected chi connectivity index (χ1v) is 9.45. The van der Waals surface area contributed by atoms with E-state index in [-0.39, 0.29) is 17.6 Å². The zero-order valence-corrected chi connectivity index (χ0v) is 14.2. The van der Waals surface area contributed by atoms with Gasteiger partial charge in [0.1, 0.15) is 5.82 Å². The number of carbonyl (C=O) groups is 1. The van der Waals surface area contributed by atoms with E-state index in [1.807, 2.05) is 12.1 Å². The summed E-state index contributed by atoms with van der Waals surface area (Å²) in [4.78, 5) is 14.8. The van der Waals surface area contributed by atoms with Gasteiger partial charge < -0.3 is 5.32 Å². The van der Waals surface area contributed by atoms with Crippen molar-refractivity contribution < 1.29 is 9.18 Å². The van der Waals surface area contributed by atoms with E-state index in [1.54, 1.807) is 6.07 Å². The summed E-state index contributed by atoms with van der Waals surface area (Å²) in [6.45, 7) is 2.40. The topological polar surface area (TPSA) is 32.3 Å². The molecule has 0 unspecified atom stereocenters. The van der Waals surface area contributed by atoms with E-state index in [2.05, 4.69) is 10.2 Å². The molecule has 4 heteroatoms. The predicted octanol–water partition coefficient (Wildman–Crippen LogP) is 3.34. The molecule has 1 aromatic carbocycles. The summed E-state index contributed by atoms with van der Waals surface area (Å²) < 4.78 is 13.8. The van der Waals surface area contributed by atoms with Crippen molar-refractivity contribution in [2.24, 2.45) is 17.8 Å². The normalized spacial score (nSPS) is 30.6. The first-order valence-electron chi connectivity index (χ1n) is 9.45. The average molecular weight is 330 g/mol. The summed E-state index contributed by atoms with van der Waals surface area (Å²) >= 11 is 0. The van der Waals surface area contributed by atoms with Crippen LogP contribution < -0.4 is 5.32 Å². The number of halogens is 1. The quantitative estimate of drug-likeness (QED) is 0.918. The lowest BCUT2D eigenvalue weighted by molar-refractivity contribution is -0.127. The van der Waals surface area contributed by atoms with Crippen LogP contribution in [0.3, 0.4) is 0 Å². The minimum atomic E-state index is -0.131. The van der Waals surface area contributed by atoms with Crippen LogP contribution in [0.25, 0.3) is 0 Å². The standard InChI is InChI=1S/C20H27FN2O/c21-18-4-2-1-3-17(18)13-23-9-7-15(8-10-23)20(24)22-19-12-14-5-6-16(19)11-14/h1-4,14-16,19H,5-13H2,(H,22,24)/t14-,16-,19+/m0/s1. The van der Waals surface area contributed by atoms with Crippen LogP contribution in [0.5, 0.6) is 0 Å². The first-order chi connectivity index (χ1) is 11.7. The molecule has 2 aliphatic carbocycles. The van der Waals surface area contributed by atoms with Crippen molar-refractivity contribution in [3.8, 4) is 0 Å². The lowest BCUT2D eigenvalue weighted by Gasteiger charge is -2.33. The molecule has 1 aliphatic heterocycles. The van der Waals surface area contributed by atoms with E-state index in [0.29, 0.717) is 12.6 Å². The van der Waals surface area contributed by atoms with Crippen LogP contribution in [-0.2, 0) is 11.3 Å². The van der Waals surface area contributed by atoms with Gasteiger partial charge >= 0.3 is 0 Å². The Labute approximate surface area is 143 Å². The molecule has 2 saturated carbocycles. The van der Waals surface area contributed by atoms with Crippen LogP contribution in [0.2, 0.25) is 0 Å². The number of rotatable bonds is 4. The highest BCUT2D eigenvalue weighted by atomic mass is 19.1. The van der Waals surface area contributed by atoms with E-state index in [0.717, 1.165) is 43.3 Å². The fourth-order valence-corrected chi connectivity index (χ4v) is 4.94. The van der Waals surface area contributed by atoms with E-state index in [1.165, 1.54) is 31.7 Å². The van der Waals surface area contributed by atoms with Crippen molar-refractivity contribution in [1.82, 2.24) is 10.2 Å². The molecule has 3 atom stereocenters. The van der Waals surface area contributed by atoms with Gasteiger partial charge in [0.15, 0.2) is 0 Å². The zero-order chi connectivity index (χ0) is 16.5. The highest BCUT2D eigenvalue weighted by Gasteiger charge is 2.40. The maximum absolute atomic E-state index is 13.8. The van der Waals surface area contributed by atoms with Crippen LogP contribution in [0.1, 0.15) is 44.1 Å². The number of amides is 1. The van der Waals surface area contributed by atoms with Gasteiger partial charge in [0.05, 0.1) is 0 Å². The number of benzene rings is 1. The van der Waals surface area contributed by atoms with Crippen molar-refractivity contribution in [2.75, 3.05) is 13.1 Å². The second-order valence-electron chi connectivity index (χ2n) is 7.93. The molecule has 1 amide bonds. The van der Waals surface area contributed by atoms with Crippen LogP contribution in [0.4, 0.5) is 4.39 Å². The Balaban J connectivity index is 1.25. The number of fused-ring (bicyclic) bond motifs is 2. The first kappa shape index (κ1) is 16.1.